The van der Waals surface area contributed by atoms with E-state index < -0.39 is 5.82 Å². The number of aromatic nitrogens is 2. The maximum Gasteiger partial charge on any atom is 0.222 e. The van der Waals surface area contributed by atoms with Crippen molar-refractivity contribution in [3.8, 4) is 11.6 Å². The third-order valence-corrected chi connectivity index (χ3v) is 1.73. The third-order valence-electron chi connectivity index (χ3n) is 1.73. The first-order valence-corrected chi connectivity index (χ1v) is 4.24. The molecule has 15 heavy (non-hydrogen) atoms. The average molecular weight is 205 g/mol. The molecule has 0 aliphatic carbocycles. The highest BCUT2D eigenvalue weighted by Crippen LogP contribution is 2.23. The third kappa shape index (κ3) is 2.19. The second-order valence-electron chi connectivity index (χ2n) is 2.84. The predicted octanol–water partition coefficient (Wildman–Crippen LogP) is 1.99. The zero-order valence-electron chi connectivity index (χ0n) is 7.72. The van der Waals surface area contributed by atoms with Gasteiger partial charge in [-0.15, -0.1) is 0 Å². The molecule has 0 radical (unpaired) electrons. The SMILES string of the molecule is Nc1ccc(Oc2ccncn2)c(F)c1. The van der Waals surface area contributed by atoms with Gasteiger partial charge in [-0.05, 0) is 12.1 Å². The van der Waals surface area contributed by atoms with E-state index in [1.54, 1.807) is 6.07 Å². The highest BCUT2D eigenvalue weighted by Gasteiger charge is 2.05. The Morgan fingerprint density at radius 1 is 1.27 bits per heavy atom. The summed E-state index contributed by atoms with van der Waals surface area (Å²) in [6, 6.07) is 5.73. The highest BCUT2D eigenvalue weighted by molar-refractivity contribution is 5.43. The van der Waals surface area contributed by atoms with Crippen LogP contribution in [-0.4, -0.2) is 9.97 Å². The van der Waals surface area contributed by atoms with E-state index in [0.717, 1.165) is 0 Å². The monoisotopic (exact) mass is 205 g/mol. The molecule has 0 saturated carbocycles. The first-order valence-electron chi connectivity index (χ1n) is 4.24. The molecule has 0 spiro atoms. The molecule has 0 fully saturated rings. The number of rotatable bonds is 2. The van der Waals surface area contributed by atoms with Gasteiger partial charge in [-0.1, -0.05) is 0 Å². The minimum absolute atomic E-state index is 0.0860. The van der Waals surface area contributed by atoms with Gasteiger partial charge in [0.05, 0.1) is 0 Å². The number of hydrogen-bond donors (Lipinski definition) is 1. The summed E-state index contributed by atoms with van der Waals surface area (Å²) in [7, 11) is 0. The van der Waals surface area contributed by atoms with Crippen molar-refractivity contribution in [2.24, 2.45) is 0 Å². The lowest BCUT2D eigenvalue weighted by Gasteiger charge is -2.05. The Bertz CT molecular complexity index is 461. The Morgan fingerprint density at radius 3 is 2.80 bits per heavy atom. The minimum atomic E-state index is -0.520. The molecule has 5 heteroatoms. The Labute approximate surface area is 85.5 Å². The molecular formula is C10H8FN3O. The molecule has 1 aromatic heterocycles. The van der Waals surface area contributed by atoms with Crippen LogP contribution in [0.5, 0.6) is 11.6 Å². The lowest BCUT2D eigenvalue weighted by Crippen LogP contribution is -1.92. The van der Waals surface area contributed by atoms with E-state index in [4.69, 9.17) is 10.5 Å². The first-order chi connectivity index (χ1) is 7.25. The van der Waals surface area contributed by atoms with Crippen molar-refractivity contribution in [3.05, 3.63) is 42.6 Å². The smallest absolute Gasteiger partial charge is 0.222 e. The van der Waals surface area contributed by atoms with Gasteiger partial charge in [0.1, 0.15) is 6.33 Å². The fourth-order valence-corrected chi connectivity index (χ4v) is 1.05. The van der Waals surface area contributed by atoms with Gasteiger partial charge >= 0.3 is 0 Å². The van der Waals surface area contributed by atoms with Crippen LogP contribution in [0.25, 0.3) is 0 Å². The molecule has 1 aromatic carbocycles. The normalized spacial score (nSPS) is 9.93. The van der Waals surface area contributed by atoms with Crippen LogP contribution >= 0.6 is 0 Å². The van der Waals surface area contributed by atoms with Crippen LogP contribution in [-0.2, 0) is 0 Å². The molecule has 2 rings (SSSR count). The van der Waals surface area contributed by atoms with Crippen molar-refractivity contribution in [3.63, 3.8) is 0 Å². The van der Waals surface area contributed by atoms with Crippen molar-refractivity contribution in [2.75, 3.05) is 5.73 Å². The van der Waals surface area contributed by atoms with Gasteiger partial charge in [-0.2, -0.15) is 0 Å². The minimum Gasteiger partial charge on any atom is -0.436 e. The fourth-order valence-electron chi connectivity index (χ4n) is 1.05. The number of ether oxygens (including phenoxy) is 1. The van der Waals surface area contributed by atoms with Gasteiger partial charge in [0.2, 0.25) is 5.88 Å². The van der Waals surface area contributed by atoms with Gasteiger partial charge in [0.25, 0.3) is 0 Å². The molecule has 0 bridgehead atoms. The summed E-state index contributed by atoms with van der Waals surface area (Å²) in [5.74, 6) is -0.148. The van der Waals surface area contributed by atoms with Crippen LogP contribution < -0.4 is 10.5 Å². The van der Waals surface area contributed by atoms with E-state index in [2.05, 4.69) is 9.97 Å². The van der Waals surface area contributed by atoms with Crippen molar-refractivity contribution >= 4 is 5.69 Å². The van der Waals surface area contributed by atoms with E-state index in [1.165, 1.54) is 30.7 Å². The van der Waals surface area contributed by atoms with Gasteiger partial charge in [-0.25, -0.2) is 14.4 Å². The maximum atomic E-state index is 13.3. The molecule has 1 heterocycles. The number of anilines is 1. The number of nitrogens with zero attached hydrogens (tertiary/aromatic N) is 2. The molecule has 0 unspecified atom stereocenters. The van der Waals surface area contributed by atoms with E-state index in [1.807, 2.05) is 0 Å². The van der Waals surface area contributed by atoms with Gasteiger partial charge in [0, 0.05) is 24.0 Å². The quantitative estimate of drug-likeness (QED) is 0.761. The molecule has 76 valence electrons. The summed E-state index contributed by atoms with van der Waals surface area (Å²) in [6.07, 6.45) is 2.84. The number of nitrogen functional groups attached to an aromatic ring is 1. The zero-order valence-corrected chi connectivity index (χ0v) is 7.72. The summed E-state index contributed by atoms with van der Waals surface area (Å²) < 4.78 is 18.5. The molecule has 4 nitrogen and oxygen atoms in total. The number of nitrogens with two attached hydrogens (primary N) is 1. The molecule has 0 aliphatic rings. The molecule has 0 amide bonds. The largest absolute Gasteiger partial charge is 0.436 e. The lowest BCUT2D eigenvalue weighted by atomic mass is 10.3. The highest BCUT2D eigenvalue weighted by atomic mass is 19.1. The van der Waals surface area contributed by atoms with Gasteiger partial charge in [-0.3, -0.25) is 0 Å². The molecule has 0 aliphatic heterocycles. The molecule has 2 N–H and O–H groups in total. The van der Waals surface area contributed by atoms with E-state index in [-0.39, 0.29) is 11.6 Å². The van der Waals surface area contributed by atoms with Gasteiger partial charge in [0.15, 0.2) is 11.6 Å². The molecule has 0 saturated heterocycles. The van der Waals surface area contributed by atoms with Crippen molar-refractivity contribution in [2.45, 2.75) is 0 Å². The van der Waals surface area contributed by atoms with Gasteiger partial charge < -0.3 is 10.5 Å². The van der Waals surface area contributed by atoms with Crippen LogP contribution in [0, 0.1) is 5.82 Å². The summed E-state index contributed by atoms with van der Waals surface area (Å²) in [6.45, 7) is 0. The molecular weight excluding hydrogens is 197 g/mol. The van der Waals surface area contributed by atoms with E-state index >= 15 is 0 Å². The van der Waals surface area contributed by atoms with Crippen LogP contribution in [0.15, 0.2) is 36.8 Å². The summed E-state index contributed by atoms with van der Waals surface area (Å²) >= 11 is 0. The zero-order chi connectivity index (χ0) is 10.7. The molecule has 2 aromatic rings. The number of hydrogen-bond acceptors (Lipinski definition) is 4. The number of benzene rings is 1. The summed E-state index contributed by atoms with van der Waals surface area (Å²) in [5, 5.41) is 0. The lowest BCUT2D eigenvalue weighted by molar-refractivity contribution is 0.426. The Hall–Kier alpha value is -2.17. The van der Waals surface area contributed by atoms with Crippen molar-refractivity contribution in [1.82, 2.24) is 9.97 Å². The van der Waals surface area contributed by atoms with Crippen LogP contribution in [0.4, 0.5) is 10.1 Å². The second kappa shape index (κ2) is 3.91. The predicted molar refractivity (Wildman–Crippen MR) is 52.9 cm³/mol. The second-order valence-corrected chi connectivity index (χ2v) is 2.84. The summed E-state index contributed by atoms with van der Waals surface area (Å²) in [5.41, 5.74) is 5.75. The average Bonchev–Trinajstić information content (AvgIpc) is 2.24. The fraction of sp³-hybridized carbons (Fsp3) is 0. The first kappa shape index (κ1) is 9.39. The Morgan fingerprint density at radius 2 is 2.13 bits per heavy atom. The Balaban J connectivity index is 2.25. The topological polar surface area (TPSA) is 61.0 Å². The van der Waals surface area contributed by atoms with Crippen molar-refractivity contribution in [1.29, 1.82) is 0 Å². The van der Waals surface area contributed by atoms with Crippen LogP contribution in [0.3, 0.4) is 0 Å². The summed E-state index contributed by atoms with van der Waals surface area (Å²) in [4.78, 5) is 7.52. The maximum absolute atomic E-state index is 13.3. The number of halogens is 1. The molecule has 0 atom stereocenters. The van der Waals surface area contributed by atoms with Crippen LogP contribution in [0.1, 0.15) is 0 Å². The van der Waals surface area contributed by atoms with Crippen molar-refractivity contribution < 1.29 is 9.13 Å². The van der Waals surface area contributed by atoms with Crippen LogP contribution in [0.2, 0.25) is 0 Å². The van der Waals surface area contributed by atoms with E-state index in [0.29, 0.717) is 5.69 Å². The Kier molecular flexibility index (Phi) is 2.45. The standard InChI is InChI=1S/C10H8FN3O/c11-8-5-7(12)1-2-9(8)15-10-3-4-13-6-14-10/h1-6H,12H2. The van der Waals surface area contributed by atoms with E-state index in [9.17, 15) is 4.39 Å².